The molecule has 1 N–H and O–H groups in total. The number of benzene rings is 2. The maximum atomic E-state index is 12.4. The molecule has 1 saturated carbocycles. The minimum Gasteiger partial charge on any atom is -0.465 e. The highest BCUT2D eigenvalue weighted by atomic mass is 35.5. The summed E-state index contributed by atoms with van der Waals surface area (Å²) >= 11 is 6.10. The predicted octanol–water partition coefficient (Wildman–Crippen LogP) is 3.87. The molecule has 0 spiro atoms. The Hall–Kier alpha value is -2.33. The van der Waals surface area contributed by atoms with Gasteiger partial charge in [-0.05, 0) is 36.1 Å². The van der Waals surface area contributed by atoms with Crippen LogP contribution in [0.25, 0.3) is 0 Å². The van der Waals surface area contributed by atoms with Crippen molar-refractivity contribution in [2.24, 2.45) is 5.92 Å². The van der Waals surface area contributed by atoms with Crippen LogP contribution in [0.2, 0.25) is 5.02 Å². The molecule has 5 heteroatoms. The van der Waals surface area contributed by atoms with E-state index in [9.17, 15) is 9.59 Å². The first-order valence-electron chi connectivity index (χ1n) is 7.34. The second kappa shape index (κ2) is 6.42. The van der Waals surface area contributed by atoms with E-state index in [2.05, 4.69) is 10.1 Å². The van der Waals surface area contributed by atoms with Crippen molar-refractivity contribution in [2.45, 2.75) is 12.3 Å². The summed E-state index contributed by atoms with van der Waals surface area (Å²) in [5.41, 5.74) is 1.95. The number of carbonyl (C=O) groups is 2. The zero-order valence-corrected chi connectivity index (χ0v) is 13.3. The first-order valence-corrected chi connectivity index (χ1v) is 7.71. The Morgan fingerprint density at radius 1 is 1.17 bits per heavy atom. The molecule has 1 amide bonds. The van der Waals surface area contributed by atoms with Crippen molar-refractivity contribution in [3.8, 4) is 0 Å². The third kappa shape index (κ3) is 3.37. The maximum Gasteiger partial charge on any atom is 0.337 e. The van der Waals surface area contributed by atoms with Crippen LogP contribution in [0, 0.1) is 5.92 Å². The molecule has 1 aliphatic carbocycles. The normalized spacial score (nSPS) is 19.0. The molecule has 0 heterocycles. The van der Waals surface area contributed by atoms with Crippen molar-refractivity contribution in [1.29, 1.82) is 0 Å². The fourth-order valence-electron chi connectivity index (χ4n) is 2.64. The summed E-state index contributed by atoms with van der Waals surface area (Å²) in [7, 11) is 1.31. The zero-order valence-electron chi connectivity index (χ0n) is 12.6. The van der Waals surface area contributed by atoms with Crippen LogP contribution < -0.4 is 5.32 Å². The molecule has 0 aromatic heterocycles. The number of hydrogen-bond acceptors (Lipinski definition) is 3. The molecule has 0 bridgehead atoms. The Balaban J connectivity index is 1.70. The fraction of sp³-hybridized carbons (Fsp3) is 0.222. The van der Waals surface area contributed by atoms with Gasteiger partial charge in [0.05, 0.1) is 23.4 Å². The van der Waals surface area contributed by atoms with Gasteiger partial charge in [0, 0.05) is 5.92 Å². The average molecular weight is 330 g/mol. The van der Waals surface area contributed by atoms with E-state index < -0.39 is 5.97 Å². The summed E-state index contributed by atoms with van der Waals surface area (Å²) in [6.07, 6.45) is 0.824. The number of methoxy groups -OCH3 is 1. The number of esters is 1. The van der Waals surface area contributed by atoms with Gasteiger partial charge in [-0.1, -0.05) is 41.9 Å². The third-order valence-corrected chi connectivity index (χ3v) is 4.33. The number of amides is 1. The maximum absolute atomic E-state index is 12.4. The summed E-state index contributed by atoms with van der Waals surface area (Å²) in [6.45, 7) is 0. The fourth-order valence-corrected chi connectivity index (χ4v) is 2.81. The van der Waals surface area contributed by atoms with Crippen molar-refractivity contribution >= 4 is 29.2 Å². The summed E-state index contributed by atoms with van der Waals surface area (Å²) < 4.78 is 4.68. The van der Waals surface area contributed by atoms with Gasteiger partial charge in [-0.3, -0.25) is 4.79 Å². The van der Waals surface area contributed by atoms with Crippen LogP contribution in [0.5, 0.6) is 0 Å². The number of ether oxygens (including phenoxy) is 1. The minimum absolute atomic E-state index is 0.0600. The highest BCUT2D eigenvalue weighted by Crippen LogP contribution is 2.48. The third-order valence-electron chi connectivity index (χ3n) is 4.00. The lowest BCUT2D eigenvalue weighted by Gasteiger charge is -2.09. The van der Waals surface area contributed by atoms with Gasteiger partial charge in [0.15, 0.2) is 0 Å². The lowest BCUT2D eigenvalue weighted by Crippen LogP contribution is -2.15. The van der Waals surface area contributed by atoms with Crippen LogP contribution in [0.1, 0.15) is 28.3 Å². The number of rotatable bonds is 4. The molecular weight excluding hydrogens is 314 g/mol. The van der Waals surface area contributed by atoms with Gasteiger partial charge in [0.2, 0.25) is 5.91 Å². The average Bonchev–Trinajstić information content (AvgIpc) is 3.37. The van der Waals surface area contributed by atoms with Crippen molar-refractivity contribution < 1.29 is 14.3 Å². The van der Waals surface area contributed by atoms with Crippen LogP contribution in [0.4, 0.5) is 5.69 Å². The van der Waals surface area contributed by atoms with Crippen LogP contribution in [0.15, 0.2) is 48.5 Å². The largest absolute Gasteiger partial charge is 0.465 e. The first kappa shape index (κ1) is 15.6. The number of nitrogens with one attached hydrogen (secondary N) is 1. The van der Waals surface area contributed by atoms with Crippen LogP contribution in [0.3, 0.4) is 0 Å². The van der Waals surface area contributed by atoms with Crippen molar-refractivity contribution in [2.75, 3.05) is 12.4 Å². The molecule has 0 saturated heterocycles. The quantitative estimate of drug-likeness (QED) is 0.866. The summed E-state index contributed by atoms with van der Waals surface area (Å²) in [5, 5.41) is 3.20. The monoisotopic (exact) mass is 329 g/mol. The molecule has 4 nitrogen and oxygen atoms in total. The molecule has 0 radical (unpaired) electrons. The van der Waals surface area contributed by atoms with Crippen molar-refractivity contribution in [3.63, 3.8) is 0 Å². The molecule has 2 unspecified atom stereocenters. The first-order chi connectivity index (χ1) is 11.1. The van der Waals surface area contributed by atoms with Gasteiger partial charge in [-0.25, -0.2) is 4.79 Å². The van der Waals surface area contributed by atoms with E-state index in [0.717, 1.165) is 6.42 Å². The summed E-state index contributed by atoms with van der Waals surface area (Å²) in [4.78, 5) is 23.9. The number of carbonyl (C=O) groups excluding carboxylic acids is 2. The standard InChI is InChI=1S/C18H16ClNO3/c1-23-18(22)12-7-8-15(19)16(9-12)20-17(21)14-10-13(14)11-5-3-2-4-6-11/h2-9,13-14H,10H2,1H3,(H,20,21). The van der Waals surface area contributed by atoms with Crippen LogP contribution in [-0.4, -0.2) is 19.0 Å². The van der Waals surface area contributed by atoms with Gasteiger partial charge in [-0.2, -0.15) is 0 Å². The number of hydrogen-bond donors (Lipinski definition) is 1. The minimum atomic E-state index is -0.467. The molecule has 2 atom stereocenters. The molecule has 2 aromatic carbocycles. The Labute approximate surface area is 139 Å². The predicted molar refractivity (Wildman–Crippen MR) is 88.7 cm³/mol. The van der Waals surface area contributed by atoms with Gasteiger partial charge >= 0.3 is 5.97 Å². The smallest absolute Gasteiger partial charge is 0.337 e. The molecule has 1 fully saturated rings. The Morgan fingerprint density at radius 3 is 2.61 bits per heavy atom. The molecule has 0 aliphatic heterocycles. The van der Waals surface area contributed by atoms with Gasteiger partial charge in [0.1, 0.15) is 0 Å². The highest BCUT2D eigenvalue weighted by Gasteiger charge is 2.43. The number of anilines is 1. The zero-order chi connectivity index (χ0) is 16.4. The Morgan fingerprint density at radius 2 is 1.91 bits per heavy atom. The lowest BCUT2D eigenvalue weighted by molar-refractivity contribution is -0.117. The van der Waals surface area contributed by atoms with Crippen LogP contribution in [-0.2, 0) is 9.53 Å². The lowest BCUT2D eigenvalue weighted by atomic mass is 10.1. The molecular formula is C18H16ClNO3. The Kier molecular flexibility index (Phi) is 4.35. The molecule has 2 aromatic rings. The van der Waals surface area contributed by atoms with E-state index in [1.54, 1.807) is 12.1 Å². The second-order valence-electron chi connectivity index (χ2n) is 5.53. The van der Waals surface area contributed by atoms with Gasteiger partial charge in [-0.15, -0.1) is 0 Å². The van der Waals surface area contributed by atoms with E-state index in [0.29, 0.717) is 16.3 Å². The second-order valence-corrected chi connectivity index (χ2v) is 5.94. The molecule has 23 heavy (non-hydrogen) atoms. The summed E-state index contributed by atoms with van der Waals surface area (Å²) in [6, 6.07) is 14.6. The van der Waals surface area contributed by atoms with E-state index in [-0.39, 0.29) is 17.7 Å². The van der Waals surface area contributed by atoms with Gasteiger partial charge in [0.25, 0.3) is 0 Å². The molecule has 1 aliphatic rings. The number of halogens is 1. The van der Waals surface area contributed by atoms with E-state index in [1.165, 1.54) is 18.7 Å². The van der Waals surface area contributed by atoms with Gasteiger partial charge < -0.3 is 10.1 Å². The summed E-state index contributed by atoms with van der Waals surface area (Å²) in [5.74, 6) is -0.359. The Bertz CT molecular complexity index is 745. The molecule has 3 rings (SSSR count). The molecule has 118 valence electrons. The van der Waals surface area contributed by atoms with Crippen molar-refractivity contribution in [3.05, 3.63) is 64.7 Å². The SMILES string of the molecule is COC(=O)c1ccc(Cl)c(NC(=O)C2CC2c2ccccc2)c1. The van der Waals surface area contributed by atoms with E-state index >= 15 is 0 Å². The van der Waals surface area contributed by atoms with Crippen molar-refractivity contribution in [1.82, 2.24) is 0 Å². The highest BCUT2D eigenvalue weighted by molar-refractivity contribution is 6.34. The van der Waals surface area contributed by atoms with E-state index in [4.69, 9.17) is 11.6 Å². The topological polar surface area (TPSA) is 55.4 Å². The van der Waals surface area contributed by atoms with E-state index in [1.807, 2.05) is 30.3 Å². The van der Waals surface area contributed by atoms with Crippen LogP contribution >= 0.6 is 11.6 Å².